The summed E-state index contributed by atoms with van der Waals surface area (Å²) in [5.74, 6) is -1.80. The van der Waals surface area contributed by atoms with Crippen molar-refractivity contribution in [1.29, 1.82) is 0 Å². The third-order valence-electron chi connectivity index (χ3n) is 4.13. The van der Waals surface area contributed by atoms with Gasteiger partial charge in [-0.15, -0.1) is 0 Å². The fraction of sp³-hybridized carbons (Fsp3) is 0.0455. The molecule has 9 nitrogen and oxygen atoms in total. The van der Waals surface area contributed by atoms with Crippen LogP contribution in [0.1, 0.15) is 20.7 Å². The maximum Gasteiger partial charge on any atom is 0.340 e. The Morgan fingerprint density at radius 3 is 2.16 bits per heavy atom. The van der Waals surface area contributed by atoms with E-state index in [-0.39, 0.29) is 16.9 Å². The molecule has 156 valence electrons. The first-order chi connectivity index (χ1) is 14.9. The Hall–Kier alpha value is -4.53. The Morgan fingerprint density at radius 1 is 0.839 bits per heavy atom. The molecule has 0 bridgehead atoms. The average molecular weight is 419 g/mol. The fourth-order valence-electron chi connectivity index (χ4n) is 2.63. The zero-order valence-corrected chi connectivity index (χ0v) is 16.1. The van der Waals surface area contributed by atoms with Crippen LogP contribution in [0.5, 0.6) is 0 Å². The lowest BCUT2D eigenvalue weighted by Gasteiger charge is -2.11. The SMILES string of the molecule is O=C(COC(=O)c1ccccc1NC(=O)c1ccccc1)Nc1ccc([N+](=O)[O-])cc1. The summed E-state index contributed by atoms with van der Waals surface area (Å²) in [6.07, 6.45) is 0. The van der Waals surface area contributed by atoms with Crippen LogP contribution >= 0.6 is 0 Å². The van der Waals surface area contributed by atoms with Crippen LogP contribution in [-0.2, 0) is 9.53 Å². The van der Waals surface area contributed by atoms with Gasteiger partial charge in [-0.3, -0.25) is 19.7 Å². The number of nitro groups is 1. The molecule has 0 fully saturated rings. The Labute approximate surface area is 176 Å². The number of nitrogens with one attached hydrogen (secondary N) is 2. The molecule has 0 saturated carbocycles. The largest absolute Gasteiger partial charge is 0.452 e. The van der Waals surface area contributed by atoms with Crippen molar-refractivity contribution in [2.24, 2.45) is 0 Å². The third-order valence-corrected chi connectivity index (χ3v) is 4.13. The average Bonchev–Trinajstić information content (AvgIpc) is 2.78. The van der Waals surface area contributed by atoms with E-state index in [9.17, 15) is 24.5 Å². The molecule has 0 heterocycles. The number of para-hydroxylation sites is 1. The summed E-state index contributed by atoms with van der Waals surface area (Å²) in [5, 5.41) is 15.8. The number of hydrogen-bond acceptors (Lipinski definition) is 6. The van der Waals surface area contributed by atoms with Gasteiger partial charge in [0.2, 0.25) is 0 Å². The number of non-ortho nitro benzene ring substituents is 1. The van der Waals surface area contributed by atoms with Crippen LogP contribution in [0.25, 0.3) is 0 Å². The Bertz CT molecular complexity index is 1110. The maximum absolute atomic E-state index is 12.4. The monoisotopic (exact) mass is 419 g/mol. The molecular formula is C22H17N3O6. The van der Waals surface area contributed by atoms with E-state index in [1.807, 2.05) is 0 Å². The number of ether oxygens (including phenoxy) is 1. The van der Waals surface area contributed by atoms with Gasteiger partial charge < -0.3 is 15.4 Å². The van der Waals surface area contributed by atoms with Gasteiger partial charge in [0.05, 0.1) is 16.2 Å². The summed E-state index contributed by atoms with van der Waals surface area (Å²) in [6, 6.07) is 20.0. The van der Waals surface area contributed by atoms with Gasteiger partial charge in [0.1, 0.15) is 0 Å². The van der Waals surface area contributed by atoms with Gasteiger partial charge in [-0.05, 0) is 36.4 Å². The highest BCUT2D eigenvalue weighted by molar-refractivity contribution is 6.08. The minimum atomic E-state index is -0.789. The summed E-state index contributed by atoms with van der Waals surface area (Å²) in [5.41, 5.74) is 0.973. The lowest BCUT2D eigenvalue weighted by Crippen LogP contribution is -2.22. The standard InChI is InChI=1S/C22H17N3O6/c26-20(23-16-10-12-17(13-11-16)25(29)30)14-31-22(28)18-8-4-5-9-19(18)24-21(27)15-6-2-1-3-7-15/h1-13H,14H2,(H,23,26)(H,24,27). The predicted molar refractivity (Wildman–Crippen MR) is 113 cm³/mol. The van der Waals surface area contributed by atoms with Crippen molar-refractivity contribution in [2.75, 3.05) is 17.2 Å². The van der Waals surface area contributed by atoms with Crippen LogP contribution in [0, 0.1) is 10.1 Å². The molecule has 3 aromatic rings. The minimum Gasteiger partial charge on any atom is -0.452 e. The number of nitrogens with zero attached hydrogens (tertiary/aromatic N) is 1. The number of nitro benzene ring substituents is 1. The molecule has 0 aliphatic rings. The first-order valence-corrected chi connectivity index (χ1v) is 9.11. The summed E-state index contributed by atoms with van der Waals surface area (Å²) < 4.78 is 5.04. The van der Waals surface area contributed by atoms with Gasteiger partial charge >= 0.3 is 5.97 Å². The molecule has 31 heavy (non-hydrogen) atoms. The number of carbonyl (C=O) groups is 3. The summed E-state index contributed by atoms with van der Waals surface area (Å²) in [7, 11) is 0. The quantitative estimate of drug-likeness (QED) is 0.342. The molecule has 0 radical (unpaired) electrons. The molecule has 3 rings (SSSR count). The predicted octanol–water partition coefficient (Wildman–Crippen LogP) is 3.64. The van der Waals surface area contributed by atoms with E-state index < -0.39 is 29.3 Å². The van der Waals surface area contributed by atoms with Gasteiger partial charge in [-0.2, -0.15) is 0 Å². The van der Waals surface area contributed by atoms with Gasteiger partial charge in [-0.25, -0.2) is 4.79 Å². The number of carbonyl (C=O) groups excluding carboxylic acids is 3. The Balaban J connectivity index is 1.59. The summed E-state index contributed by atoms with van der Waals surface area (Å²) >= 11 is 0. The molecule has 0 aliphatic carbocycles. The van der Waals surface area contributed by atoms with Crippen LogP contribution in [0.15, 0.2) is 78.9 Å². The Kier molecular flexibility index (Phi) is 6.69. The summed E-state index contributed by atoms with van der Waals surface area (Å²) in [4.78, 5) is 46.9. The number of rotatable bonds is 7. The van der Waals surface area contributed by atoms with Crippen LogP contribution in [-0.4, -0.2) is 29.3 Å². The molecule has 0 atom stereocenters. The van der Waals surface area contributed by atoms with Gasteiger partial charge in [-0.1, -0.05) is 30.3 Å². The van der Waals surface area contributed by atoms with Crippen molar-refractivity contribution in [3.8, 4) is 0 Å². The normalized spacial score (nSPS) is 10.1. The molecule has 0 aromatic heterocycles. The van der Waals surface area contributed by atoms with Crippen LogP contribution < -0.4 is 10.6 Å². The van der Waals surface area contributed by atoms with Crippen molar-refractivity contribution in [2.45, 2.75) is 0 Å². The molecule has 0 spiro atoms. The number of amides is 2. The number of anilines is 2. The van der Waals surface area contributed by atoms with Crippen LogP contribution in [0.3, 0.4) is 0 Å². The van der Waals surface area contributed by atoms with E-state index in [1.165, 1.54) is 30.3 Å². The Morgan fingerprint density at radius 2 is 1.48 bits per heavy atom. The lowest BCUT2D eigenvalue weighted by atomic mass is 10.1. The van der Waals surface area contributed by atoms with Gasteiger partial charge in [0.25, 0.3) is 17.5 Å². The molecule has 2 amide bonds. The first kappa shape index (κ1) is 21.2. The maximum atomic E-state index is 12.4. The van der Waals surface area contributed by atoms with Crippen molar-refractivity contribution in [3.63, 3.8) is 0 Å². The zero-order valence-electron chi connectivity index (χ0n) is 16.1. The van der Waals surface area contributed by atoms with Crippen molar-refractivity contribution >= 4 is 34.8 Å². The number of benzene rings is 3. The van der Waals surface area contributed by atoms with E-state index in [0.29, 0.717) is 11.3 Å². The van der Waals surface area contributed by atoms with E-state index in [4.69, 9.17) is 4.74 Å². The van der Waals surface area contributed by atoms with Crippen molar-refractivity contribution in [1.82, 2.24) is 0 Å². The van der Waals surface area contributed by atoms with Crippen LogP contribution in [0.4, 0.5) is 17.1 Å². The van der Waals surface area contributed by atoms with Crippen LogP contribution in [0.2, 0.25) is 0 Å². The van der Waals surface area contributed by atoms with Crippen molar-refractivity contribution in [3.05, 3.63) is 100 Å². The molecule has 0 saturated heterocycles. The van der Waals surface area contributed by atoms with Crippen molar-refractivity contribution < 1.29 is 24.0 Å². The highest BCUT2D eigenvalue weighted by atomic mass is 16.6. The molecule has 9 heteroatoms. The molecule has 0 aliphatic heterocycles. The second kappa shape index (κ2) is 9.79. The number of esters is 1. The van der Waals surface area contributed by atoms with Gasteiger partial charge in [0, 0.05) is 23.4 Å². The van der Waals surface area contributed by atoms with E-state index >= 15 is 0 Å². The zero-order chi connectivity index (χ0) is 22.2. The fourth-order valence-corrected chi connectivity index (χ4v) is 2.63. The molecule has 2 N–H and O–H groups in total. The highest BCUT2D eigenvalue weighted by Gasteiger charge is 2.16. The topological polar surface area (TPSA) is 128 Å². The smallest absolute Gasteiger partial charge is 0.340 e. The highest BCUT2D eigenvalue weighted by Crippen LogP contribution is 2.18. The minimum absolute atomic E-state index is 0.0925. The lowest BCUT2D eigenvalue weighted by molar-refractivity contribution is -0.384. The number of hydrogen-bond donors (Lipinski definition) is 2. The van der Waals surface area contributed by atoms with E-state index in [2.05, 4.69) is 10.6 Å². The van der Waals surface area contributed by atoms with Gasteiger partial charge in [0.15, 0.2) is 6.61 Å². The third kappa shape index (κ3) is 5.73. The second-order valence-electron chi connectivity index (χ2n) is 6.29. The van der Waals surface area contributed by atoms with E-state index in [1.54, 1.807) is 48.5 Å². The first-order valence-electron chi connectivity index (χ1n) is 9.11. The molecule has 0 unspecified atom stereocenters. The summed E-state index contributed by atoms with van der Waals surface area (Å²) in [6.45, 7) is -0.573. The molecular weight excluding hydrogens is 402 g/mol. The second-order valence-corrected chi connectivity index (χ2v) is 6.29. The molecule has 3 aromatic carbocycles. The van der Waals surface area contributed by atoms with E-state index in [0.717, 1.165) is 0 Å².